The van der Waals surface area contributed by atoms with Gasteiger partial charge in [0.05, 0.1) is 33.1 Å². The Bertz CT molecular complexity index is 1400. The lowest BCUT2D eigenvalue weighted by Gasteiger charge is -2.32. The Balaban J connectivity index is 1.48. The second-order valence-electron chi connectivity index (χ2n) is 9.77. The molecule has 2 atom stereocenters. The number of amides is 3. The molecule has 5 rings (SSSR count). The van der Waals surface area contributed by atoms with Crippen LogP contribution in [0.3, 0.4) is 0 Å². The van der Waals surface area contributed by atoms with Crippen LogP contribution in [0.4, 0.5) is 0 Å². The van der Waals surface area contributed by atoms with E-state index >= 15 is 0 Å². The lowest BCUT2D eigenvalue weighted by atomic mass is 10.0. The molecular formula is C30H33N3O9. The molecule has 2 aliphatic rings. The van der Waals surface area contributed by atoms with Crippen molar-refractivity contribution in [1.29, 1.82) is 0 Å². The van der Waals surface area contributed by atoms with Crippen molar-refractivity contribution in [3.63, 3.8) is 0 Å². The van der Waals surface area contributed by atoms with E-state index in [1.807, 2.05) is 0 Å². The SMILES string of the molecule is COc1ccc(C(C(=O)NCC2CCCO2)N(Cc2ccc3c(c2)OCO3)C(=O)CNC(=O)c2ccco2)cc1OC. The van der Waals surface area contributed by atoms with E-state index in [2.05, 4.69) is 10.6 Å². The number of nitrogens with zero attached hydrogens (tertiary/aromatic N) is 1. The molecule has 3 amide bonds. The molecular weight excluding hydrogens is 546 g/mol. The normalized spacial score (nSPS) is 16.0. The Morgan fingerprint density at radius 3 is 2.57 bits per heavy atom. The summed E-state index contributed by atoms with van der Waals surface area (Å²) in [7, 11) is 3.01. The van der Waals surface area contributed by atoms with Crippen molar-refractivity contribution in [1.82, 2.24) is 15.5 Å². The van der Waals surface area contributed by atoms with Crippen molar-refractivity contribution < 1.29 is 42.5 Å². The first-order valence-electron chi connectivity index (χ1n) is 13.6. The molecule has 2 aliphatic heterocycles. The minimum atomic E-state index is -1.09. The Morgan fingerprint density at radius 1 is 1.00 bits per heavy atom. The van der Waals surface area contributed by atoms with Gasteiger partial charge in [-0.25, -0.2) is 0 Å². The summed E-state index contributed by atoms with van der Waals surface area (Å²) in [6.45, 7) is 0.680. The van der Waals surface area contributed by atoms with Gasteiger partial charge in [0.1, 0.15) is 6.04 Å². The van der Waals surface area contributed by atoms with Crippen LogP contribution in [0.1, 0.15) is 40.6 Å². The molecule has 12 heteroatoms. The molecule has 12 nitrogen and oxygen atoms in total. The van der Waals surface area contributed by atoms with Crippen molar-refractivity contribution in [2.24, 2.45) is 0 Å². The lowest BCUT2D eigenvalue weighted by Crippen LogP contribution is -2.48. The molecule has 1 saturated heterocycles. The van der Waals surface area contributed by atoms with Gasteiger partial charge < -0.3 is 43.6 Å². The van der Waals surface area contributed by atoms with E-state index < -0.39 is 23.8 Å². The summed E-state index contributed by atoms with van der Waals surface area (Å²) >= 11 is 0. The molecule has 2 N–H and O–H groups in total. The van der Waals surface area contributed by atoms with Crippen LogP contribution in [0.25, 0.3) is 0 Å². The summed E-state index contributed by atoms with van der Waals surface area (Å²) in [5.74, 6) is 0.596. The molecule has 42 heavy (non-hydrogen) atoms. The number of nitrogens with one attached hydrogen (secondary N) is 2. The van der Waals surface area contributed by atoms with Gasteiger partial charge in [-0.1, -0.05) is 12.1 Å². The molecule has 0 bridgehead atoms. The fraction of sp³-hybridized carbons (Fsp3) is 0.367. The molecule has 222 valence electrons. The van der Waals surface area contributed by atoms with E-state index in [0.29, 0.717) is 47.3 Å². The number of furan rings is 1. The summed E-state index contributed by atoms with van der Waals surface area (Å²) in [4.78, 5) is 41.8. The summed E-state index contributed by atoms with van der Waals surface area (Å²) in [6.07, 6.45) is 3.02. The number of fused-ring (bicyclic) bond motifs is 1. The number of benzene rings is 2. The highest BCUT2D eigenvalue weighted by Crippen LogP contribution is 2.35. The summed E-state index contributed by atoms with van der Waals surface area (Å²) in [5, 5.41) is 5.55. The van der Waals surface area contributed by atoms with Gasteiger partial charge in [0, 0.05) is 19.7 Å². The molecule has 1 aromatic heterocycles. The molecule has 3 heterocycles. The number of rotatable bonds is 12. The second-order valence-corrected chi connectivity index (χ2v) is 9.77. The smallest absolute Gasteiger partial charge is 0.287 e. The first-order valence-corrected chi connectivity index (χ1v) is 13.6. The summed E-state index contributed by atoms with van der Waals surface area (Å²) in [5.41, 5.74) is 1.19. The van der Waals surface area contributed by atoms with Gasteiger partial charge in [-0.3, -0.25) is 14.4 Å². The topological polar surface area (TPSA) is 138 Å². The fourth-order valence-corrected chi connectivity index (χ4v) is 4.92. The Hall–Kier alpha value is -4.71. The van der Waals surface area contributed by atoms with Crippen LogP contribution in [-0.4, -0.2) is 69.4 Å². The van der Waals surface area contributed by atoms with Gasteiger partial charge in [0.2, 0.25) is 18.6 Å². The molecule has 0 aliphatic carbocycles. The van der Waals surface area contributed by atoms with Gasteiger partial charge in [-0.2, -0.15) is 0 Å². The third kappa shape index (κ3) is 6.60. The lowest BCUT2D eigenvalue weighted by molar-refractivity contribution is -0.141. The van der Waals surface area contributed by atoms with E-state index in [9.17, 15) is 14.4 Å². The van der Waals surface area contributed by atoms with E-state index in [0.717, 1.165) is 12.8 Å². The molecule has 0 saturated carbocycles. The quantitative estimate of drug-likeness (QED) is 0.332. The van der Waals surface area contributed by atoms with Crippen molar-refractivity contribution in [2.75, 3.05) is 40.7 Å². The van der Waals surface area contributed by atoms with Crippen LogP contribution in [0.5, 0.6) is 23.0 Å². The fourth-order valence-electron chi connectivity index (χ4n) is 4.92. The maximum atomic E-state index is 13.9. The zero-order valence-corrected chi connectivity index (χ0v) is 23.4. The first-order chi connectivity index (χ1) is 20.5. The average Bonchev–Trinajstić information content (AvgIpc) is 3.81. The molecule has 2 unspecified atom stereocenters. The molecule has 0 radical (unpaired) electrons. The molecule has 2 aromatic carbocycles. The van der Waals surface area contributed by atoms with Crippen LogP contribution in [-0.2, 0) is 20.9 Å². The highest BCUT2D eigenvalue weighted by Gasteiger charge is 2.33. The standard InChI is InChI=1S/C30H33N3O9/c1-37-22-10-8-20(14-25(22)38-2)28(30(36)31-15-21-5-3-11-39-21)33(17-19-7-9-23-26(13-19)42-18-41-23)27(34)16-32-29(35)24-6-4-12-40-24/h4,6-10,12-14,21,28H,3,5,11,15-18H2,1-2H3,(H,31,36)(H,32,35). The number of methoxy groups -OCH3 is 2. The predicted molar refractivity (Wildman–Crippen MR) is 148 cm³/mol. The van der Waals surface area contributed by atoms with E-state index in [1.54, 1.807) is 42.5 Å². The van der Waals surface area contributed by atoms with Crippen molar-refractivity contribution in [3.8, 4) is 23.0 Å². The summed E-state index contributed by atoms with van der Waals surface area (Å²) in [6, 6.07) is 12.3. The second kappa shape index (κ2) is 13.3. The highest BCUT2D eigenvalue weighted by atomic mass is 16.7. The van der Waals surface area contributed by atoms with Crippen LogP contribution >= 0.6 is 0 Å². The Labute approximate surface area is 242 Å². The number of hydrogen-bond donors (Lipinski definition) is 2. The van der Waals surface area contributed by atoms with Crippen LogP contribution in [0.2, 0.25) is 0 Å². The number of hydrogen-bond acceptors (Lipinski definition) is 9. The number of ether oxygens (including phenoxy) is 5. The van der Waals surface area contributed by atoms with Crippen molar-refractivity contribution >= 4 is 17.7 Å². The number of carbonyl (C=O) groups excluding carboxylic acids is 3. The minimum absolute atomic E-state index is 0.0262. The largest absolute Gasteiger partial charge is 0.493 e. The van der Waals surface area contributed by atoms with Gasteiger partial charge in [0.25, 0.3) is 5.91 Å². The molecule has 0 spiro atoms. The Morgan fingerprint density at radius 2 is 1.83 bits per heavy atom. The van der Waals surface area contributed by atoms with Gasteiger partial charge in [-0.05, 0) is 60.4 Å². The maximum Gasteiger partial charge on any atom is 0.287 e. The summed E-state index contributed by atoms with van der Waals surface area (Å²) < 4.78 is 32.7. The Kier molecular flexibility index (Phi) is 9.12. The maximum absolute atomic E-state index is 13.9. The van der Waals surface area contributed by atoms with Crippen molar-refractivity contribution in [3.05, 3.63) is 71.7 Å². The third-order valence-corrected chi connectivity index (χ3v) is 7.07. The third-order valence-electron chi connectivity index (χ3n) is 7.07. The zero-order chi connectivity index (χ0) is 29.5. The van der Waals surface area contributed by atoms with Crippen LogP contribution < -0.4 is 29.6 Å². The van der Waals surface area contributed by atoms with Crippen LogP contribution in [0, 0.1) is 0 Å². The van der Waals surface area contributed by atoms with Crippen LogP contribution in [0.15, 0.2) is 59.2 Å². The van der Waals surface area contributed by atoms with Crippen molar-refractivity contribution in [2.45, 2.75) is 31.5 Å². The molecule has 1 fully saturated rings. The molecule has 3 aromatic rings. The predicted octanol–water partition coefficient (Wildman–Crippen LogP) is 2.82. The van der Waals surface area contributed by atoms with E-state index in [1.165, 1.54) is 31.4 Å². The van der Waals surface area contributed by atoms with E-state index in [-0.39, 0.29) is 31.7 Å². The monoisotopic (exact) mass is 579 g/mol. The number of carbonyl (C=O) groups is 3. The average molecular weight is 580 g/mol. The van der Waals surface area contributed by atoms with Gasteiger partial charge >= 0.3 is 0 Å². The zero-order valence-electron chi connectivity index (χ0n) is 23.4. The van der Waals surface area contributed by atoms with Gasteiger partial charge in [-0.15, -0.1) is 0 Å². The first kappa shape index (κ1) is 28.8. The van der Waals surface area contributed by atoms with E-state index in [4.69, 9.17) is 28.1 Å². The van der Waals surface area contributed by atoms with Gasteiger partial charge in [0.15, 0.2) is 28.8 Å². The highest BCUT2D eigenvalue weighted by molar-refractivity contribution is 5.95. The minimum Gasteiger partial charge on any atom is -0.493 e.